The van der Waals surface area contributed by atoms with E-state index >= 15 is 0 Å². The zero-order valence-corrected chi connectivity index (χ0v) is 26.0. The summed E-state index contributed by atoms with van der Waals surface area (Å²) in [6.45, 7) is 6.24. The van der Waals surface area contributed by atoms with Crippen LogP contribution in [0, 0.1) is 12.8 Å². The molecule has 1 aliphatic carbocycles. The first-order valence-corrected chi connectivity index (χ1v) is 16.0. The minimum absolute atomic E-state index is 0.0214. The Hall–Kier alpha value is -4.05. The van der Waals surface area contributed by atoms with Gasteiger partial charge in [-0.2, -0.15) is 5.10 Å². The summed E-state index contributed by atoms with van der Waals surface area (Å²) < 4.78 is 9.27. The lowest BCUT2D eigenvalue weighted by atomic mass is 10.0. The van der Waals surface area contributed by atoms with Gasteiger partial charge in [-0.3, -0.25) is 4.79 Å². The molecule has 0 unspecified atom stereocenters. The molecule has 3 aromatic heterocycles. The number of pyridine rings is 1. The Balaban J connectivity index is 1.19. The van der Waals surface area contributed by atoms with Crippen molar-refractivity contribution >= 4 is 34.1 Å². The third kappa shape index (κ3) is 5.29. The number of methoxy groups -OCH3 is 1. The van der Waals surface area contributed by atoms with Crippen LogP contribution in [-0.4, -0.2) is 88.4 Å². The van der Waals surface area contributed by atoms with Gasteiger partial charge in [-0.15, -0.1) is 0 Å². The summed E-state index contributed by atoms with van der Waals surface area (Å²) in [5.41, 5.74) is 13.4. The number of piperidine rings is 2. The largest absolute Gasteiger partial charge is 0.453 e. The number of hydrogen-bond acceptors (Lipinski definition) is 6. The lowest BCUT2D eigenvalue weighted by Crippen LogP contribution is -2.45. The molecule has 0 bridgehead atoms. The molecule has 2 amide bonds. The van der Waals surface area contributed by atoms with Crippen LogP contribution in [0.4, 0.5) is 10.5 Å². The highest BCUT2D eigenvalue weighted by Crippen LogP contribution is 2.38. The van der Waals surface area contributed by atoms with E-state index in [-0.39, 0.29) is 24.1 Å². The Morgan fingerprint density at radius 1 is 1.02 bits per heavy atom. The third-order valence-electron chi connectivity index (χ3n) is 9.98. The van der Waals surface area contributed by atoms with Gasteiger partial charge in [0.2, 0.25) is 0 Å². The minimum Gasteiger partial charge on any atom is -0.453 e. The Morgan fingerprint density at radius 2 is 1.82 bits per heavy atom. The molecule has 4 aromatic rings. The number of fused-ring (bicyclic) bond motifs is 2. The fourth-order valence-corrected chi connectivity index (χ4v) is 7.12. The van der Waals surface area contributed by atoms with Gasteiger partial charge in [0.25, 0.3) is 5.91 Å². The molecule has 1 atom stereocenters. The van der Waals surface area contributed by atoms with Gasteiger partial charge in [-0.1, -0.05) is 6.07 Å². The van der Waals surface area contributed by atoms with Crippen molar-refractivity contribution in [1.29, 1.82) is 0 Å². The standard InChI is InChI=1S/C34H43N7O3/c1-22-29-11-9-25(33(42)39-14-4-5-26(35)21-39)20-41(29)36-32(22)31-17-24-8-10-28(18-30(24)40(31)19-23-6-7-23)38-15-12-27(13-16-38)37(2)34(43)44-3/h8-11,17-18,20,23,26-27H,4-7,12-16,19,21,35H2,1-3H3/t26-/m1/s1. The first-order chi connectivity index (χ1) is 21.3. The second kappa shape index (κ2) is 11.5. The maximum absolute atomic E-state index is 13.3. The number of benzene rings is 1. The number of likely N-dealkylation sites (tertiary alicyclic amines) is 1. The molecule has 7 rings (SSSR count). The van der Waals surface area contributed by atoms with Crippen molar-refractivity contribution < 1.29 is 14.3 Å². The highest BCUT2D eigenvalue weighted by Gasteiger charge is 2.29. The SMILES string of the molecule is COC(=O)N(C)C1CCN(c2ccc3cc(-c4nn5cc(C(=O)N6CCC[C@@H](N)C6)ccc5c4C)n(CC4CC4)c3c2)CC1. The first kappa shape index (κ1) is 28.7. The number of nitrogens with two attached hydrogens (primary N) is 1. The van der Waals surface area contributed by atoms with Gasteiger partial charge in [-0.05, 0) is 81.7 Å². The molecule has 1 aromatic carbocycles. The molecule has 3 aliphatic rings. The molecule has 2 N–H and O–H groups in total. The summed E-state index contributed by atoms with van der Waals surface area (Å²) >= 11 is 0. The molecular weight excluding hydrogens is 554 g/mol. The molecule has 10 heteroatoms. The van der Waals surface area contributed by atoms with E-state index in [1.807, 2.05) is 34.8 Å². The predicted octanol–water partition coefficient (Wildman–Crippen LogP) is 4.90. The highest BCUT2D eigenvalue weighted by molar-refractivity contribution is 5.95. The Labute approximate surface area is 258 Å². The molecule has 1 saturated carbocycles. The van der Waals surface area contributed by atoms with Gasteiger partial charge in [0.05, 0.1) is 29.4 Å². The van der Waals surface area contributed by atoms with Crippen molar-refractivity contribution in [3.63, 3.8) is 0 Å². The number of hydrogen-bond donors (Lipinski definition) is 1. The highest BCUT2D eigenvalue weighted by atomic mass is 16.5. The number of carbonyl (C=O) groups is 2. The average molecular weight is 598 g/mol. The van der Waals surface area contributed by atoms with Gasteiger partial charge < -0.3 is 29.7 Å². The molecule has 0 radical (unpaired) electrons. The van der Waals surface area contributed by atoms with Crippen LogP contribution in [0.25, 0.3) is 27.8 Å². The molecule has 2 aliphatic heterocycles. The Morgan fingerprint density at radius 3 is 2.55 bits per heavy atom. The fourth-order valence-electron chi connectivity index (χ4n) is 7.12. The second-order valence-corrected chi connectivity index (χ2v) is 13.0. The molecule has 5 heterocycles. The van der Waals surface area contributed by atoms with Crippen molar-refractivity contribution in [2.75, 3.05) is 45.2 Å². The fraction of sp³-hybridized carbons (Fsp3) is 0.500. The van der Waals surface area contributed by atoms with E-state index in [2.05, 4.69) is 40.7 Å². The van der Waals surface area contributed by atoms with E-state index in [0.29, 0.717) is 18.0 Å². The van der Waals surface area contributed by atoms with Crippen molar-refractivity contribution in [1.82, 2.24) is 24.0 Å². The van der Waals surface area contributed by atoms with E-state index in [1.54, 1.807) is 4.90 Å². The maximum Gasteiger partial charge on any atom is 0.409 e. The number of anilines is 1. The van der Waals surface area contributed by atoms with Gasteiger partial charge in [0, 0.05) is 74.7 Å². The number of amides is 2. The van der Waals surface area contributed by atoms with Crippen LogP contribution < -0.4 is 10.6 Å². The monoisotopic (exact) mass is 597 g/mol. The van der Waals surface area contributed by atoms with E-state index in [9.17, 15) is 9.59 Å². The van der Waals surface area contributed by atoms with Crippen LogP contribution in [0.3, 0.4) is 0 Å². The summed E-state index contributed by atoms with van der Waals surface area (Å²) in [7, 11) is 3.27. The van der Waals surface area contributed by atoms with Crippen molar-refractivity contribution in [3.05, 3.63) is 53.7 Å². The van der Waals surface area contributed by atoms with Crippen molar-refractivity contribution in [3.8, 4) is 11.4 Å². The molecule has 44 heavy (non-hydrogen) atoms. The van der Waals surface area contributed by atoms with Crippen molar-refractivity contribution in [2.24, 2.45) is 11.7 Å². The number of ether oxygens (including phenoxy) is 1. The smallest absolute Gasteiger partial charge is 0.409 e. The molecular formula is C34H43N7O3. The Bertz CT molecular complexity index is 1710. The van der Waals surface area contributed by atoms with Crippen LogP contribution in [0.2, 0.25) is 0 Å². The van der Waals surface area contributed by atoms with Gasteiger partial charge in [0.1, 0.15) is 5.69 Å². The van der Waals surface area contributed by atoms with E-state index < -0.39 is 0 Å². The molecule has 3 fully saturated rings. The Kier molecular flexibility index (Phi) is 7.48. The van der Waals surface area contributed by atoms with Crippen molar-refractivity contribution in [2.45, 2.75) is 64.1 Å². The number of aromatic nitrogens is 3. The van der Waals surface area contributed by atoms with Crippen LogP contribution in [0.1, 0.15) is 54.4 Å². The normalized spacial score (nSPS) is 19.6. The molecule has 232 valence electrons. The van der Waals surface area contributed by atoms with E-state index in [4.69, 9.17) is 15.6 Å². The maximum atomic E-state index is 13.3. The summed E-state index contributed by atoms with van der Waals surface area (Å²) in [5, 5.41) is 6.28. The lowest BCUT2D eigenvalue weighted by Gasteiger charge is -2.37. The lowest BCUT2D eigenvalue weighted by molar-refractivity contribution is 0.0708. The quantitative estimate of drug-likeness (QED) is 0.339. The zero-order valence-electron chi connectivity index (χ0n) is 26.0. The third-order valence-corrected chi connectivity index (χ3v) is 9.98. The van der Waals surface area contributed by atoms with Gasteiger partial charge in [-0.25, -0.2) is 9.31 Å². The predicted molar refractivity (Wildman–Crippen MR) is 172 cm³/mol. The number of aryl methyl sites for hydroxylation is 1. The topological polar surface area (TPSA) is 101 Å². The average Bonchev–Trinajstić information content (AvgIpc) is 3.73. The first-order valence-electron chi connectivity index (χ1n) is 16.0. The second-order valence-electron chi connectivity index (χ2n) is 13.0. The number of nitrogens with zero attached hydrogens (tertiary/aromatic N) is 6. The minimum atomic E-state index is -0.271. The van der Waals surface area contributed by atoms with Crippen LogP contribution >= 0.6 is 0 Å². The summed E-state index contributed by atoms with van der Waals surface area (Å²) in [4.78, 5) is 31.4. The number of rotatable bonds is 6. The van der Waals surface area contributed by atoms with Crippen LogP contribution in [0.5, 0.6) is 0 Å². The molecule has 10 nitrogen and oxygen atoms in total. The van der Waals surface area contributed by atoms with Crippen LogP contribution in [-0.2, 0) is 11.3 Å². The molecule has 0 spiro atoms. The van der Waals surface area contributed by atoms with E-state index in [0.717, 1.165) is 74.3 Å². The van der Waals surface area contributed by atoms with Gasteiger partial charge >= 0.3 is 6.09 Å². The van der Waals surface area contributed by atoms with Crippen LogP contribution in [0.15, 0.2) is 42.6 Å². The summed E-state index contributed by atoms with van der Waals surface area (Å²) in [5.74, 6) is 0.711. The van der Waals surface area contributed by atoms with Gasteiger partial charge in [0.15, 0.2) is 0 Å². The molecule has 2 saturated heterocycles. The zero-order chi connectivity index (χ0) is 30.5. The number of carbonyl (C=O) groups excluding carboxylic acids is 2. The van der Waals surface area contributed by atoms with E-state index in [1.165, 1.54) is 36.5 Å². The summed E-state index contributed by atoms with van der Waals surface area (Å²) in [6.07, 6.45) is 7.85. The summed E-state index contributed by atoms with van der Waals surface area (Å²) in [6, 6.07) is 13.2.